The van der Waals surface area contributed by atoms with Crippen LogP contribution in [0.15, 0.2) is 18.2 Å². The maximum Gasteiger partial charge on any atom is 0.353 e. The molecule has 0 unspecified atom stereocenters. The van der Waals surface area contributed by atoms with E-state index >= 15 is 0 Å². The molecular formula is C9H7Cl2NO3. The van der Waals surface area contributed by atoms with E-state index < -0.39 is 16.8 Å². The van der Waals surface area contributed by atoms with Gasteiger partial charge in [0.15, 0.2) is 6.10 Å². The number of hydrogen-bond acceptors (Lipinski definition) is 3. The molecular weight excluding hydrogens is 241 g/mol. The Morgan fingerprint density at radius 2 is 2.20 bits per heavy atom. The molecule has 4 nitrogen and oxygen atoms in total. The van der Waals surface area contributed by atoms with Crippen LogP contribution in [0, 0.1) is 10.1 Å². The maximum atomic E-state index is 10.7. The Balaban J connectivity index is 2.35. The van der Waals surface area contributed by atoms with Gasteiger partial charge in [0.25, 0.3) is 0 Å². The summed E-state index contributed by atoms with van der Waals surface area (Å²) in [5, 5.41) is 11.4. The lowest BCUT2D eigenvalue weighted by Gasteiger charge is -2.01. The van der Waals surface area contributed by atoms with Crippen molar-refractivity contribution in [2.24, 2.45) is 0 Å². The van der Waals surface area contributed by atoms with E-state index in [0.29, 0.717) is 15.6 Å². The minimum atomic E-state index is -1.37. The summed E-state index contributed by atoms with van der Waals surface area (Å²) < 4.78 is 5.05. The van der Waals surface area contributed by atoms with Crippen molar-refractivity contribution in [3.8, 4) is 0 Å². The molecule has 1 fully saturated rings. The molecule has 0 saturated carbocycles. The summed E-state index contributed by atoms with van der Waals surface area (Å²) in [4.78, 5) is 10.2. The summed E-state index contributed by atoms with van der Waals surface area (Å²) in [6.07, 6.45) is -0.612. The predicted molar refractivity (Wildman–Crippen MR) is 55.7 cm³/mol. The van der Waals surface area contributed by atoms with Gasteiger partial charge in [-0.1, -0.05) is 35.3 Å². The molecule has 15 heavy (non-hydrogen) atoms. The van der Waals surface area contributed by atoms with E-state index in [-0.39, 0.29) is 0 Å². The number of nitro groups is 1. The number of halogens is 2. The van der Waals surface area contributed by atoms with Gasteiger partial charge in [-0.25, -0.2) is 0 Å². The lowest BCUT2D eigenvalue weighted by Crippen LogP contribution is -2.19. The first-order valence-corrected chi connectivity index (χ1v) is 4.98. The lowest BCUT2D eigenvalue weighted by atomic mass is 10.1. The average molecular weight is 248 g/mol. The number of benzene rings is 1. The van der Waals surface area contributed by atoms with Crippen LogP contribution >= 0.6 is 23.2 Å². The van der Waals surface area contributed by atoms with Crippen molar-refractivity contribution in [1.29, 1.82) is 0 Å². The standard InChI is InChI=1S/C9H7Cl2NO3/c1-9(12(13)14)8(15-9)5-3-2-4-6(10)7(5)11/h2-4,8H,1H3/t8-,9-/m1/s1. The number of ether oxygens (including phenoxy) is 1. The number of rotatable bonds is 2. The molecule has 2 rings (SSSR count). The van der Waals surface area contributed by atoms with Crippen LogP contribution < -0.4 is 0 Å². The van der Waals surface area contributed by atoms with Gasteiger partial charge in [0.2, 0.25) is 0 Å². The molecule has 1 aliphatic heterocycles. The number of hydrogen-bond donors (Lipinski definition) is 0. The highest BCUT2D eigenvalue weighted by molar-refractivity contribution is 6.42. The Labute approximate surface area is 95.9 Å². The molecule has 1 aliphatic rings. The molecule has 0 spiro atoms. The number of epoxide rings is 1. The third-order valence-electron chi connectivity index (χ3n) is 2.41. The van der Waals surface area contributed by atoms with Crippen LogP contribution in [0.1, 0.15) is 18.6 Å². The van der Waals surface area contributed by atoms with Crippen molar-refractivity contribution in [1.82, 2.24) is 0 Å². The van der Waals surface area contributed by atoms with Crippen LogP contribution in [-0.4, -0.2) is 10.6 Å². The fraction of sp³-hybridized carbons (Fsp3) is 0.333. The molecule has 2 atom stereocenters. The van der Waals surface area contributed by atoms with Crippen molar-refractivity contribution in [3.63, 3.8) is 0 Å². The van der Waals surface area contributed by atoms with E-state index in [9.17, 15) is 10.1 Å². The number of nitrogens with zero attached hydrogens (tertiary/aromatic N) is 1. The van der Waals surface area contributed by atoms with Crippen LogP contribution in [-0.2, 0) is 4.74 Å². The topological polar surface area (TPSA) is 55.7 Å². The lowest BCUT2D eigenvalue weighted by molar-refractivity contribution is -0.558. The van der Waals surface area contributed by atoms with Gasteiger partial charge in [-0.2, -0.15) is 0 Å². The molecule has 0 radical (unpaired) electrons. The van der Waals surface area contributed by atoms with Crippen LogP contribution in [0.5, 0.6) is 0 Å². The highest BCUT2D eigenvalue weighted by Crippen LogP contribution is 2.52. The Hall–Kier alpha value is -0.840. The summed E-state index contributed by atoms with van der Waals surface area (Å²) >= 11 is 11.7. The SMILES string of the molecule is C[C@@]1([N+](=O)[O-])O[C@@H]1c1cccc(Cl)c1Cl. The summed E-state index contributed by atoms with van der Waals surface area (Å²) in [5.74, 6) is 0. The van der Waals surface area contributed by atoms with Gasteiger partial charge >= 0.3 is 5.72 Å². The molecule has 0 N–H and O–H groups in total. The zero-order valence-corrected chi connectivity index (χ0v) is 9.25. The van der Waals surface area contributed by atoms with Crippen molar-refractivity contribution in [3.05, 3.63) is 43.9 Å². The monoisotopic (exact) mass is 247 g/mol. The minimum Gasteiger partial charge on any atom is -0.294 e. The van der Waals surface area contributed by atoms with Crippen LogP contribution in [0.4, 0.5) is 0 Å². The second-order valence-corrected chi connectivity index (χ2v) is 4.24. The summed E-state index contributed by atoms with van der Waals surface area (Å²) in [7, 11) is 0. The van der Waals surface area contributed by atoms with Crippen LogP contribution in [0.3, 0.4) is 0 Å². The average Bonchev–Trinajstić information content (AvgIpc) is 2.84. The van der Waals surface area contributed by atoms with Gasteiger partial charge < -0.3 is 0 Å². The maximum absolute atomic E-state index is 10.7. The fourth-order valence-electron chi connectivity index (χ4n) is 1.42. The van der Waals surface area contributed by atoms with Gasteiger partial charge in [-0.05, 0) is 6.07 Å². The quantitative estimate of drug-likeness (QED) is 0.459. The molecule has 0 amide bonds. The minimum absolute atomic E-state index is 0.315. The third-order valence-corrected chi connectivity index (χ3v) is 3.25. The molecule has 1 saturated heterocycles. The Morgan fingerprint density at radius 3 is 2.73 bits per heavy atom. The van der Waals surface area contributed by atoms with Crippen LogP contribution in [0.2, 0.25) is 10.0 Å². The molecule has 0 bridgehead atoms. The zero-order chi connectivity index (χ0) is 11.2. The van der Waals surface area contributed by atoms with Crippen molar-refractivity contribution < 1.29 is 9.66 Å². The van der Waals surface area contributed by atoms with Crippen LogP contribution in [0.25, 0.3) is 0 Å². The van der Waals surface area contributed by atoms with E-state index in [2.05, 4.69) is 0 Å². The van der Waals surface area contributed by atoms with Gasteiger partial charge in [0.05, 0.1) is 15.0 Å². The molecule has 1 aromatic carbocycles. The Bertz CT molecular complexity index is 437. The largest absolute Gasteiger partial charge is 0.353 e. The summed E-state index contributed by atoms with van der Waals surface area (Å²) in [6.45, 7) is 1.41. The van der Waals surface area contributed by atoms with E-state index in [1.807, 2.05) is 0 Å². The fourth-order valence-corrected chi connectivity index (χ4v) is 1.83. The highest BCUT2D eigenvalue weighted by Gasteiger charge is 2.66. The van der Waals surface area contributed by atoms with E-state index in [4.69, 9.17) is 27.9 Å². The van der Waals surface area contributed by atoms with E-state index in [0.717, 1.165) is 0 Å². The first kappa shape index (κ1) is 10.7. The molecule has 1 aromatic rings. The molecule has 0 aliphatic carbocycles. The molecule has 1 heterocycles. The summed E-state index contributed by atoms with van der Waals surface area (Å²) in [6, 6.07) is 4.98. The first-order valence-electron chi connectivity index (χ1n) is 4.23. The summed E-state index contributed by atoms with van der Waals surface area (Å²) in [5.41, 5.74) is -0.808. The van der Waals surface area contributed by atoms with E-state index in [1.165, 1.54) is 6.92 Å². The smallest absolute Gasteiger partial charge is 0.294 e. The van der Waals surface area contributed by atoms with Gasteiger partial charge in [-0.15, -0.1) is 0 Å². The van der Waals surface area contributed by atoms with Gasteiger partial charge in [0.1, 0.15) is 0 Å². The first-order chi connectivity index (χ1) is 6.97. The van der Waals surface area contributed by atoms with Crippen molar-refractivity contribution in [2.75, 3.05) is 0 Å². The van der Waals surface area contributed by atoms with Gasteiger partial charge in [-0.3, -0.25) is 14.9 Å². The normalized spacial score (nSPS) is 28.9. The van der Waals surface area contributed by atoms with Gasteiger partial charge in [0, 0.05) is 12.5 Å². The Morgan fingerprint density at radius 1 is 1.53 bits per heavy atom. The molecule has 0 aromatic heterocycles. The van der Waals surface area contributed by atoms with Crippen molar-refractivity contribution in [2.45, 2.75) is 18.8 Å². The van der Waals surface area contributed by atoms with E-state index in [1.54, 1.807) is 18.2 Å². The molecule has 80 valence electrons. The Kier molecular flexibility index (Phi) is 2.37. The van der Waals surface area contributed by atoms with Crippen molar-refractivity contribution >= 4 is 23.2 Å². The third kappa shape index (κ3) is 1.58. The second-order valence-electron chi connectivity index (χ2n) is 3.45. The highest BCUT2D eigenvalue weighted by atomic mass is 35.5. The molecule has 6 heteroatoms. The zero-order valence-electron chi connectivity index (χ0n) is 7.74. The second kappa shape index (κ2) is 3.33. The predicted octanol–water partition coefficient (Wildman–Crippen LogP) is 3.06.